The molecular weight excluding hydrogens is 294 g/mol. The highest BCUT2D eigenvalue weighted by Gasteiger charge is 2.33. The summed E-state index contributed by atoms with van der Waals surface area (Å²) < 4.78 is 5.52. The highest BCUT2D eigenvalue weighted by Crippen LogP contribution is 2.21. The van der Waals surface area contributed by atoms with Gasteiger partial charge in [-0.2, -0.15) is 0 Å². The standard InChI is InChI=1S/C17H23N3O3/c21-16-15(9-11-20(16)13-5-2-1-3-6-13)19-17(22)18-10-8-14-7-4-12-23-14/h1-3,5-6,14-15H,4,7-12H2,(H2,18,19,22)/t14-,15+/m1/s1. The zero-order chi connectivity index (χ0) is 16.1. The number of urea groups is 1. The van der Waals surface area contributed by atoms with E-state index in [1.54, 1.807) is 4.90 Å². The van der Waals surface area contributed by atoms with E-state index in [1.807, 2.05) is 30.3 Å². The third-order valence-corrected chi connectivity index (χ3v) is 4.35. The smallest absolute Gasteiger partial charge is 0.315 e. The van der Waals surface area contributed by atoms with E-state index in [0.717, 1.165) is 31.6 Å². The number of amides is 3. The summed E-state index contributed by atoms with van der Waals surface area (Å²) in [7, 11) is 0. The molecule has 0 saturated carbocycles. The number of anilines is 1. The fraction of sp³-hybridized carbons (Fsp3) is 0.529. The minimum Gasteiger partial charge on any atom is -0.378 e. The molecule has 2 saturated heterocycles. The number of rotatable bonds is 5. The molecule has 3 amide bonds. The maximum atomic E-state index is 12.4. The second-order valence-electron chi connectivity index (χ2n) is 5.99. The summed E-state index contributed by atoms with van der Waals surface area (Å²) in [6.07, 6.45) is 3.88. The van der Waals surface area contributed by atoms with Crippen molar-refractivity contribution in [3.8, 4) is 0 Å². The molecule has 2 atom stereocenters. The summed E-state index contributed by atoms with van der Waals surface area (Å²) in [5.74, 6) is -0.0505. The molecule has 6 nitrogen and oxygen atoms in total. The van der Waals surface area contributed by atoms with Crippen molar-refractivity contribution in [2.24, 2.45) is 0 Å². The second-order valence-corrected chi connectivity index (χ2v) is 5.99. The largest absolute Gasteiger partial charge is 0.378 e. The van der Waals surface area contributed by atoms with Gasteiger partial charge in [-0.05, 0) is 37.8 Å². The van der Waals surface area contributed by atoms with Gasteiger partial charge in [-0.3, -0.25) is 4.79 Å². The molecule has 6 heteroatoms. The van der Waals surface area contributed by atoms with Crippen LogP contribution >= 0.6 is 0 Å². The number of nitrogens with zero attached hydrogens (tertiary/aromatic N) is 1. The van der Waals surface area contributed by atoms with Crippen molar-refractivity contribution in [3.05, 3.63) is 30.3 Å². The molecule has 1 aromatic rings. The van der Waals surface area contributed by atoms with Gasteiger partial charge in [-0.1, -0.05) is 18.2 Å². The number of benzene rings is 1. The normalized spacial score (nSPS) is 24.0. The van der Waals surface area contributed by atoms with E-state index in [9.17, 15) is 9.59 Å². The van der Waals surface area contributed by atoms with Crippen LogP contribution in [0.5, 0.6) is 0 Å². The van der Waals surface area contributed by atoms with Crippen LogP contribution in [-0.2, 0) is 9.53 Å². The molecule has 2 aliphatic heterocycles. The molecule has 0 unspecified atom stereocenters. The first kappa shape index (κ1) is 15.8. The van der Waals surface area contributed by atoms with Crippen molar-refractivity contribution in [2.45, 2.75) is 37.8 Å². The SMILES string of the molecule is O=C(NCC[C@H]1CCCO1)N[C@H]1CCN(c2ccccc2)C1=O. The Balaban J connectivity index is 1.43. The molecular formula is C17H23N3O3. The van der Waals surface area contributed by atoms with Gasteiger partial charge in [-0.25, -0.2) is 4.79 Å². The molecule has 2 aliphatic rings. The fourth-order valence-electron chi connectivity index (χ4n) is 3.11. The molecule has 23 heavy (non-hydrogen) atoms. The number of carbonyl (C=O) groups is 2. The second kappa shape index (κ2) is 7.46. The first-order valence-corrected chi connectivity index (χ1v) is 8.26. The summed E-state index contributed by atoms with van der Waals surface area (Å²) in [4.78, 5) is 26.0. The van der Waals surface area contributed by atoms with E-state index in [-0.39, 0.29) is 18.0 Å². The lowest BCUT2D eigenvalue weighted by atomic mass is 10.2. The van der Waals surface area contributed by atoms with Gasteiger partial charge in [-0.15, -0.1) is 0 Å². The van der Waals surface area contributed by atoms with Gasteiger partial charge in [0, 0.05) is 25.4 Å². The summed E-state index contributed by atoms with van der Waals surface area (Å²) in [6.45, 7) is 2.02. The Kier molecular flexibility index (Phi) is 5.12. The highest BCUT2D eigenvalue weighted by atomic mass is 16.5. The maximum Gasteiger partial charge on any atom is 0.315 e. The zero-order valence-corrected chi connectivity index (χ0v) is 13.2. The molecule has 0 aromatic heterocycles. The average Bonchev–Trinajstić information content (AvgIpc) is 3.19. The molecule has 2 fully saturated rings. The third-order valence-electron chi connectivity index (χ3n) is 4.35. The van der Waals surface area contributed by atoms with E-state index in [0.29, 0.717) is 19.5 Å². The van der Waals surface area contributed by atoms with Crippen LogP contribution in [0, 0.1) is 0 Å². The first-order chi connectivity index (χ1) is 11.2. The van der Waals surface area contributed by atoms with Gasteiger partial charge in [0.15, 0.2) is 0 Å². The van der Waals surface area contributed by atoms with Gasteiger partial charge < -0.3 is 20.3 Å². The lowest BCUT2D eigenvalue weighted by molar-refractivity contribution is -0.118. The Labute approximate surface area is 136 Å². The van der Waals surface area contributed by atoms with Crippen molar-refractivity contribution >= 4 is 17.6 Å². The van der Waals surface area contributed by atoms with E-state index in [1.165, 1.54) is 0 Å². The predicted octanol–water partition coefficient (Wildman–Crippen LogP) is 1.66. The number of nitrogens with one attached hydrogen (secondary N) is 2. The predicted molar refractivity (Wildman–Crippen MR) is 87.3 cm³/mol. The molecule has 124 valence electrons. The van der Waals surface area contributed by atoms with E-state index in [4.69, 9.17) is 4.74 Å². The van der Waals surface area contributed by atoms with Crippen LogP contribution < -0.4 is 15.5 Å². The Bertz CT molecular complexity index is 543. The van der Waals surface area contributed by atoms with Gasteiger partial charge in [0.25, 0.3) is 0 Å². The van der Waals surface area contributed by atoms with Crippen LogP contribution in [0.1, 0.15) is 25.7 Å². The monoisotopic (exact) mass is 317 g/mol. The summed E-state index contributed by atoms with van der Waals surface area (Å²) >= 11 is 0. The van der Waals surface area contributed by atoms with Crippen LogP contribution in [0.3, 0.4) is 0 Å². The Morgan fingerprint density at radius 3 is 2.83 bits per heavy atom. The molecule has 0 radical (unpaired) electrons. The van der Waals surface area contributed by atoms with E-state index >= 15 is 0 Å². The zero-order valence-electron chi connectivity index (χ0n) is 13.2. The topological polar surface area (TPSA) is 70.7 Å². The number of ether oxygens (including phenoxy) is 1. The Morgan fingerprint density at radius 1 is 1.26 bits per heavy atom. The van der Waals surface area contributed by atoms with Crippen molar-refractivity contribution < 1.29 is 14.3 Å². The summed E-state index contributed by atoms with van der Waals surface area (Å²) in [5, 5.41) is 5.58. The van der Waals surface area contributed by atoms with Crippen molar-refractivity contribution in [1.82, 2.24) is 10.6 Å². The molecule has 0 bridgehead atoms. The van der Waals surface area contributed by atoms with Crippen LogP contribution in [-0.4, -0.2) is 43.8 Å². The van der Waals surface area contributed by atoms with E-state index < -0.39 is 6.04 Å². The van der Waals surface area contributed by atoms with Crippen molar-refractivity contribution in [1.29, 1.82) is 0 Å². The van der Waals surface area contributed by atoms with Crippen molar-refractivity contribution in [3.63, 3.8) is 0 Å². The molecule has 0 spiro atoms. The maximum absolute atomic E-state index is 12.4. The van der Waals surface area contributed by atoms with Crippen LogP contribution in [0.2, 0.25) is 0 Å². The number of hydrogen-bond donors (Lipinski definition) is 2. The molecule has 2 N–H and O–H groups in total. The quantitative estimate of drug-likeness (QED) is 0.868. The van der Waals surface area contributed by atoms with Crippen molar-refractivity contribution in [2.75, 3.05) is 24.6 Å². The number of hydrogen-bond acceptors (Lipinski definition) is 3. The van der Waals surface area contributed by atoms with Gasteiger partial charge in [0.1, 0.15) is 6.04 Å². The van der Waals surface area contributed by atoms with Crippen LogP contribution in [0.15, 0.2) is 30.3 Å². The Hall–Kier alpha value is -2.08. The Morgan fingerprint density at radius 2 is 2.09 bits per heavy atom. The lowest BCUT2D eigenvalue weighted by Crippen LogP contribution is -2.46. The fourth-order valence-corrected chi connectivity index (χ4v) is 3.11. The molecule has 0 aliphatic carbocycles. The molecule has 2 heterocycles. The minimum absolute atomic E-state index is 0.0505. The number of carbonyl (C=O) groups excluding carboxylic acids is 2. The molecule has 3 rings (SSSR count). The minimum atomic E-state index is -0.446. The third kappa shape index (κ3) is 4.01. The van der Waals surface area contributed by atoms with Gasteiger partial charge >= 0.3 is 6.03 Å². The molecule has 1 aromatic carbocycles. The van der Waals surface area contributed by atoms with Crippen LogP contribution in [0.25, 0.3) is 0 Å². The first-order valence-electron chi connectivity index (χ1n) is 8.26. The summed E-state index contributed by atoms with van der Waals surface area (Å²) in [5.41, 5.74) is 0.876. The summed E-state index contributed by atoms with van der Waals surface area (Å²) in [6, 6.07) is 8.81. The number of para-hydroxylation sites is 1. The van der Waals surface area contributed by atoms with Gasteiger partial charge in [0.05, 0.1) is 6.10 Å². The highest BCUT2D eigenvalue weighted by molar-refractivity contribution is 6.01. The van der Waals surface area contributed by atoms with Crippen LogP contribution in [0.4, 0.5) is 10.5 Å². The van der Waals surface area contributed by atoms with E-state index in [2.05, 4.69) is 10.6 Å². The van der Waals surface area contributed by atoms with Gasteiger partial charge in [0.2, 0.25) is 5.91 Å². The average molecular weight is 317 g/mol. The lowest BCUT2D eigenvalue weighted by Gasteiger charge is -2.17.